The largest absolute Gasteiger partial charge is 0.486 e. The van der Waals surface area contributed by atoms with E-state index in [4.69, 9.17) is 16.7 Å². The molecule has 0 bridgehead atoms. The minimum Gasteiger partial charge on any atom is -0.486 e. The molecule has 1 N–H and O–H groups in total. The molecule has 2 heterocycles. The Morgan fingerprint density at radius 3 is 2.16 bits per heavy atom. The predicted octanol–water partition coefficient (Wildman–Crippen LogP) is 4.67. The molecule has 1 fully saturated rings. The third-order valence-corrected chi connectivity index (χ3v) is 9.87. The zero-order valence-electron chi connectivity index (χ0n) is 27.6. The Hall–Kier alpha value is -5.66. The maximum absolute atomic E-state index is 14.0. The Labute approximate surface area is 295 Å². The number of sulfonamides is 1. The second-order valence-electron chi connectivity index (χ2n) is 11.9. The fraction of sp³-hybridized carbons (Fsp3) is 0.162. The summed E-state index contributed by atoms with van der Waals surface area (Å²) in [5.41, 5.74) is 5.00. The summed E-state index contributed by atoms with van der Waals surface area (Å²) in [6.45, 7) is 3.66. The van der Waals surface area contributed by atoms with Gasteiger partial charge in [-0.15, -0.1) is 4.40 Å². The van der Waals surface area contributed by atoms with Crippen molar-refractivity contribution in [1.82, 2.24) is 10.2 Å². The van der Waals surface area contributed by atoms with Gasteiger partial charge in [0.2, 0.25) is 5.91 Å². The van der Waals surface area contributed by atoms with Crippen LogP contribution in [0.3, 0.4) is 0 Å². The molecule has 0 radical (unpaired) electrons. The third kappa shape index (κ3) is 7.64. The summed E-state index contributed by atoms with van der Waals surface area (Å²) in [5, 5.41) is 6.92. The number of aryl methyl sites for hydroxylation is 3. The lowest BCUT2D eigenvalue weighted by Gasteiger charge is -2.22. The van der Waals surface area contributed by atoms with Gasteiger partial charge in [0, 0.05) is 5.69 Å². The zero-order chi connectivity index (χ0) is 35.4. The second kappa shape index (κ2) is 14.4. The van der Waals surface area contributed by atoms with Crippen LogP contribution in [0, 0.1) is 13.8 Å². The van der Waals surface area contributed by atoms with Crippen molar-refractivity contribution in [2.24, 2.45) is 11.4 Å². The van der Waals surface area contributed by atoms with Crippen LogP contribution in [-0.2, 0) is 33.2 Å². The van der Waals surface area contributed by atoms with E-state index >= 15 is 0 Å². The van der Waals surface area contributed by atoms with E-state index in [2.05, 4.69) is 15.0 Å². The van der Waals surface area contributed by atoms with Gasteiger partial charge in [-0.25, -0.2) is 4.68 Å². The molecule has 254 valence electrons. The number of nitrogens with zero attached hydrogens (tertiary/aromatic N) is 5. The minimum atomic E-state index is -4.16. The van der Waals surface area contributed by atoms with Crippen LogP contribution >= 0.6 is 12.2 Å². The number of benzene rings is 4. The smallest absolute Gasteiger partial charge is 0.289 e. The number of hydrogen-bond donors (Lipinski definition) is 1. The molecular weight excluding hydrogens is 673 g/mol. The van der Waals surface area contributed by atoms with Gasteiger partial charge in [-0.05, 0) is 73.6 Å². The summed E-state index contributed by atoms with van der Waals surface area (Å²) in [6, 6.07) is 29.8. The predicted molar refractivity (Wildman–Crippen MR) is 193 cm³/mol. The SMILES string of the molecule is Cc1ccc(N2C(=O)C(CC(=O)Nc3ccc(/C=C/c4ccccc4)cc3)N(Cc3/c(=N/S(=O)(=O)c4ccc(C)cc4)o[n-][n+]3C)C2=S)cc1. The molecule has 4 aromatic carbocycles. The second-order valence-corrected chi connectivity index (χ2v) is 13.9. The number of anilines is 2. The Balaban J connectivity index is 1.26. The number of nitrogens with one attached hydrogen (secondary N) is 1. The molecule has 2 amide bonds. The maximum Gasteiger partial charge on any atom is 0.289 e. The summed E-state index contributed by atoms with van der Waals surface area (Å²) in [6.07, 6.45) is 3.75. The fourth-order valence-electron chi connectivity index (χ4n) is 5.38. The monoisotopic (exact) mass is 706 g/mol. The number of carbonyl (C=O) groups is 2. The first kappa shape index (κ1) is 34.2. The quantitative estimate of drug-likeness (QED) is 0.126. The van der Waals surface area contributed by atoms with Crippen molar-refractivity contribution < 1.29 is 27.2 Å². The lowest BCUT2D eigenvalue weighted by atomic mass is 10.1. The van der Waals surface area contributed by atoms with Crippen LogP contribution in [0.4, 0.5) is 11.4 Å². The van der Waals surface area contributed by atoms with Gasteiger partial charge in [0.05, 0.1) is 17.0 Å². The molecule has 5 aromatic rings. The molecule has 1 unspecified atom stereocenters. The van der Waals surface area contributed by atoms with Crippen molar-refractivity contribution in [3.05, 3.63) is 137 Å². The summed E-state index contributed by atoms with van der Waals surface area (Å²) in [7, 11) is -2.60. The standard InChI is InChI=1S/C37H34N6O5S2/c1-25-9-19-30(20-10-25)43-36(45)32(23-34(44)38-29-17-15-28(16-18-29)14-13-27-7-5-4-6-8-27)42(37(43)49)24-33-35(48-40-41(33)3)39-50(46,47)31-21-11-26(2)12-22-31/h4-22,32H,23-24H2,1-3H3,(H,38,44)/b14-13+,39-35-. The van der Waals surface area contributed by atoms with E-state index in [1.165, 1.54) is 21.7 Å². The molecular formula is C37H34N6O5S2. The van der Waals surface area contributed by atoms with Crippen molar-refractivity contribution in [2.45, 2.75) is 37.8 Å². The molecule has 1 aromatic heterocycles. The summed E-state index contributed by atoms with van der Waals surface area (Å²) in [5.74, 6) is -0.809. The highest BCUT2D eigenvalue weighted by molar-refractivity contribution is 7.90. The molecule has 1 saturated heterocycles. The molecule has 0 aliphatic carbocycles. The molecule has 6 rings (SSSR count). The van der Waals surface area contributed by atoms with E-state index in [1.54, 1.807) is 48.3 Å². The molecule has 50 heavy (non-hydrogen) atoms. The molecule has 0 saturated carbocycles. The number of aromatic nitrogens is 2. The van der Waals surface area contributed by atoms with Crippen molar-refractivity contribution in [2.75, 3.05) is 10.2 Å². The van der Waals surface area contributed by atoms with Crippen LogP contribution in [0.1, 0.15) is 34.4 Å². The van der Waals surface area contributed by atoms with Gasteiger partial charge >= 0.3 is 0 Å². The lowest BCUT2D eigenvalue weighted by Crippen LogP contribution is -2.45. The molecule has 11 nitrogen and oxygen atoms in total. The molecule has 1 atom stereocenters. The van der Waals surface area contributed by atoms with E-state index in [1.807, 2.05) is 80.6 Å². The Morgan fingerprint density at radius 2 is 1.52 bits per heavy atom. The average Bonchev–Trinajstić information content (AvgIpc) is 3.55. The van der Waals surface area contributed by atoms with Crippen molar-refractivity contribution in [1.29, 1.82) is 0 Å². The van der Waals surface area contributed by atoms with Crippen LogP contribution in [0.25, 0.3) is 12.2 Å². The van der Waals surface area contributed by atoms with Crippen LogP contribution in [0.2, 0.25) is 0 Å². The molecule has 13 heteroatoms. The van der Waals surface area contributed by atoms with Crippen molar-refractivity contribution in [3.8, 4) is 0 Å². The topological polar surface area (TPSA) is 130 Å². The highest BCUT2D eigenvalue weighted by Gasteiger charge is 2.45. The first-order valence-corrected chi connectivity index (χ1v) is 17.6. The van der Waals surface area contributed by atoms with Crippen LogP contribution in [-0.4, -0.2) is 36.3 Å². The Morgan fingerprint density at radius 1 is 0.920 bits per heavy atom. The Kier molecular flexibility index (Phi) is 9.88. The third-order valence-electron chi connectivity index (χ3n) is 8.18. The molecule has 1 aliphatic heterocycles. The van der Waals surface area contributed by atoms with Gasteiger partial charge in [0.15, 0.2) is 5.11 Å². The van der Waals surface area contributed by atoms with Crippen LogP contribution < -0.4 is 25.7 Å². The zero-order valence-corrected chi connectivity index (χ0v) is 29.2. The highest BCUT2D eigenvalue weighted by Crippen LogP contribution is 2.29. The van der Waals surface area contributed by atoms with Gasteiger partial charge < -0.3 is 14.7 Å². The van der Waals surface area contributed by atoms with Gasteiger partial charge in [-0.1, -0.05) is 90.0 Å². The van der Waals surface area contributed by atoms with Gasteiger partial charge in [0.25, 0.3) is 27.2 Å². The average molecular weight is 707 g/mol. The van der Waals surface area contributed by atoms with E-state index < -0.39 is 27.9 Å². The maximum atomic E-state index is 14.0. The Bertz CT molecular complexity index is 2240. The number of amides is 2. The number of rotatable bonds is 10. The number of thiocarbonyl (C=S) groups is 1. The van der Waals surface area contributed by atoms with Gasteiger partial charge in [-0.2, -0.15) is 8.42 Å². The fourth-order valence-corrected chi connectivity index (χ4v) is 6.71. The first-order valence-electron chi connectivity index (χ1n) is 15.7. The minimum absolute atomic E-state index is 0.0136. The first-order chi connectivity index (χ1) is 24.0. The number of carbonyl (C=O) groups excluding carboxylic acids is 2. The van der Waals surface area contributed by atoms with Gasteiger partial charge in [-0.3, -0.25) is 19.8 Å². The van der Waals surface area contributed by atoms with E-state index in [0.29, 0.717) is 11.4 Å². The van der Waals surface area contributed by atoms with Gasteiger partial charge in [0.1, 0.15) is 19.6 Å². The van der Waals surface area contributed by atoms with E-state index in [0.717, 1.165) is 22.3 Å². The lowest BCUT2D eigenvalue weighted by molar-refractivity contribution is -0.752. The summed E-state index contributed by atoms with van der Waals surface area (Å²) in [4.78, 5) is 30.4. The summed E-state index contributed by atoms with van der Waals surface area (Å²) < 4.78 is 37.0. The molecule has 1 aliphatic rings. The van der Waals surface area contributed by atoms with Crippen LogP contribution in [0.15, 0.2) is 117 Å². The molecule has 0 spiro atoms. The van der Waals surface area contributed by atoms with Crippen LogP contribution in [0.5, 0.6) is 0 Å². The normalized spacial score (nSPS) is 15.3. The van der Waals surface area contributed by atoms with Crippen molar-refractivity contribution in [3.63, 3.8) is 0 Å². The van der Waals surface area contributed by atoms with E-state index in [-0.39, 0.29) is 34.2 Å². The highest BCUT2D eigenvalue weighted by atomic mass is 32.2. The summed E-state index contributed by atoms with van der Waals surface area (Å²) >= 11 is 5.83. The number of hydrogen-bond acceptors (Lipinski definition) is 6. The van der Waals surface area contributed by atoms with E-state index in [9.17, 15) is 18.0 Å². The van der Waals surface area contributed by atoms with Crippen molar-refractivity contribution >= 4 is 62.7 Å².